The van der Waals surface area contributed by atoms with E-state index in [2.05, 4.69) is 20.4 Å². The number of ether oxygens (including phenoxy) is 1. The van der Waals surface area contributed by atoms with Crippen molar-refractivity contribution in [2.24, 2.45) is 0 Å². The third kappa shape index (κ3) is 5.06. The second kappa shape index (κ2) is 8.26. The highest BCUT2D eigenvalue weighted by Crippen LogP contribution is 2.32. The number of likely N-dealkylation sites (tertiary alicyclic amines) is 1. The van der Waals surface area contributed by atoms with Gasteiger partial charge in [-0.1, -0.05) is 0 Å². The van der Waals surface area contributed by atoms with Crippen molar-refractivity contribution in [2.75, 3.05) is 25.5 Å². The summed E-state index contributed by atoms with van der Waals surface area (Å²) >= 11 is 0. The summed E-state index contributed by atoms with van der Waals surface area (Å²) in [5, 5.41) is 9.89. The first-order valence-corrected chi connectivity index (χ1v) is 8.67. The number of hydrogen-bond donors (Lipinski definition) is 1. The maximum absolute atomic E-state index is 13.3. The molecule has 0 spiro atoms. The summed E-state index contributed by atoms with van der Waals surface area (Å²) in [4.78, 5) is 2.06. The zero-order chi connectivity index (χ0) is 20.3. The molecule has 2 aromatic rings. The number of halogens is 5. The number of benzene rings is 1. The lowest BCUT2D eigenvalue weighted by Crippen LogP contribution is -2.39. The highest BCUT2D eigenvalue weighted by atomic mass is 19.4. The molecule has 152 valence electrons. The van der Waals surface area contributed by atoms with E-state index in [0.29, 0.717) is 38.0 Å². The fourth-order valence-corrected chi connectivity index (χ4v) is 3.16. The minimum Gasteiger partial charge on any atom is -0.493 e. The van der Waals surface area contributed by atoms with Crippen molar-refractivity contribution >= 4 is 5.82 Å². The topological polar surface area (TPSA) is 50.3 Å². The molecule has 1 aromatic carbocycles. The van der Waals surface area contributed by atoms with Gasteiger partial charge in [0.15, 0.2) is 17.3 Å². The van der Waals surface area contributed by atoms with E-state index >= 15 is 0 Å². The van der Waals surface area contributed by atoms with Crippen molar-refractivity contribution in [2.45, 2.75) is 31.6 Å². The molecule has 0 saturated carbocycles. The molecular formula is C18H19F5N4O. The summed E-state index contributed by atoms with van der Waals surface area (Å²) in [6, 6.07) is 4.22. The number of alkyl halides is 3. The summed E-state index contributed by atoms with van der Waals surface area (Å²) in [6.45, 7) is 1.74. The smallest absolute Gasteiger partial charge is 0.435 e. The maximum Gasteiger partial charge on any atom is 0.435 e. The predicted molar refractivity (Wildman–Crippen MR) is 91.9 cm³/mol. The molecule has 2 heterocycles. The molecular weight excluding hydrogens is 383 g/mol. The average Bonchev–Trinajstić information content (AvgIpc) is 2.62. The van der Waals surface area contributed by atoms with Gasteiger partial charge in [0.1, 0.15) is 11.6 Å². The Balaban J connectivity index is 1.58. The van der Waals surface area contributed by atoms with Gasteiger partial charge in [-0.3, -0.25) is 4.90 Å². The van der Waals surface area contributed by atoms with Crippen LogP contribution in [-0.4, -0.2) is 41.3 Å². The lowest BCUT2D eigenvalue weighted by Gasteiger charge is -2.32. The number of anilines is 1. The molecule has 0 amide bonds. The zero-order valence-corrected chi connectivity index (χ0v) is 15.1. The molecule has 1 saturated heterocycles. The van der Waals surface area contributed by atoms with Crippen molar-refractivity contribution in [3.05, 3.63) is 47.2 Å². The molecule has 10 heteroatoms. The number of rotatable bonds is 5. The highest BCUT2D eigenvalue weighted by Gasteiger charge is 2.34. The van der Waals surface area contributed by atoms with Gasteiger partial charge in [-0.15, -0.1) is 10.2 Å². The molecule has 1 aromatic heterocycles. The normalized spacial score (nSPS) is 16.2. The van der Waals surface area contributed by atoms with Crippen LogP contribution < -0.4 is 10.1 Å². The summed E-state index contributed by atoms with van der Waals surface area (Å²) in [6.07, 6.45) is -3.23. The minimum absolute atomic E-state index is 0.0274. The lowest BCUT2D eigenvalue weighted by molar-refractivity contribution is -0.141. The third-order valence-corrected chi connectivity index (χ3v) is 4.53. The van der Waals surface area contributed by atoms with Gasteiger partial charge in [-0.2, -0.15) is 13.2 Å². The van der Waals surface area contributed by atoms with E-state index in [1.54, 1.807) is 0 Å². The van der Waals surface area contributed by atoms with Crippen LogP contribution in [0.2, 0.25) is 0 Å². The summed E-state index contributed by atoms with van der Waals surface area (Å²) in [5.74, 6) is -1.10. The number of nitrogens with zero attached hydrogens (tertiary/aromatic N) is 3. The SMILES string of the molecule is COc1cc(C(F)(F)F)nnc1NC1CCN(Cc2cc(F)cc(F)c2)CC1. The van der Waals surface area contributed by atoms with Gasteiger partial charge in [0.25, 0.3) is 0 Å². The molecule has 0 radical (unpaired) electrons. The Kier molecular flexibility index (Phi) is 5.97. The van der Waals surface area contributed by atoms with Crippen LogP contribution in [-0.2, 0) is 12.7 Å². The monoisotopic (exact) mass is 402 g/mol. The molecule has 0 atom stereocenters. The standard InChI is InChI=1S/C18H19F5N4O/c1-28-15-9-16(18(21,22)23)25-26-17(15)24-14-2-4-27(5-3-14)10-11-6-12(19)8-13(20)7-11/h6-9,14H,2-5,10H2,1H3,(H,24,26). The van der Waals surface area contributed by atoms with E-state index < -0.39 is 23.5 Å². The van der Waals surface area contributed by atoms with E-state index in [-0.39, 0.29) is 17.6 Å². The van der Waals surface area contributed by atoms with Gasteiger partial charge in [-0.05, 0) is 30.5 Å². The van der Waals surface area contributed by atoms with Crippen molar-refractivity contribution < 1.29 is 26.7 Å². The molecule has 0 aliphatic carbocycles. The summed E-state index contributed by atoms with van der Waals surface area (Å²) in [7, 11) is 1.27. The van der Waals surface area contributed by atoms with Gasteiger partial charge in [0.05, 0.1) is 7.11 Å². The number of hydrogen-bond acceptors (Lipinski definition) is 5. The minimum atomic E-state index is -4.60. The van der Waals surface area contributed by atoms with E-state index in [1.165, 1.54) is 19.2 Å². The van der Waals surface area contributed by atoms with Gasteiger partial charge >= 0.3 is 6.18 Å². The Morgan fingerprint density at radius 2 is 1.71 bits per heavy atom. The number of nitrogens with one attached hydrogen (secondary N) is 1. The number of aromatic nitrogens is 2. The predicted octanol–water partition coefficient (Wildman–Crippen LogP) is 3.86. The van der Waals surface area contributed by atoms with Crippen LogP contribution in [0, 0.1) is 11.6 Å². The highest BCUT2D eigenvalue weighted by molar-refractivity contribution is 5.50. The Morgan fingerprint density at radius 1 is 1.07 bits per heavy atom. The maximum atomic E-state index is 13.3. The molecule has 1 aliphatic rings. The first-order chi connectivity index (χ1) is 13.2. The fraction of sp³-hybridized carbons (Fsp3) is 0.444. The average molecular weight is 402 g/mol. The van der Waals surface area contributed by atoms with Gasteiger partial charge in [-0.25, -0.2) is 8.78 Å². The van der Waals surface area contributed by atoms with Crippen LogP contribution in [0.4, 0.5) is 27.8 Å². The van der Waals surface area contributed by atoms with Gasteiger partial charge in [0.2, 0.25) is 0 Å². The summed E-state index contributed by atoms with van der Waals surface area (Å²) in [5.41, 5.74) is -0.564. The van der Waals surface area contributed by atoms with Gasteiger partial charge in [0, 0.05) is 37.8 Å². The Morgan fingerprint density at radius 3 is 2.29 bits per heavy atom. The molecule has 5 nitrogen and oxygen atoms in total. The zero-order valence-electron chi connectivity index (χ0n) is 15.1. The molecule has 0 bridgehead atoms. The van der Waals surface area contributed by atoms with Crippen LogP contribution in [0.25, 0.3) is 0 Å². The molecule has 0 unspecified atom stereocenters. The Bertz CT molecular complexity index is 802. The van der Waals surface area contributed by atoms with Crippen molar-refractivity contribution in [3.63, 3.8) is 0 Å². The Labute approximate surface area is 158 Å². The third-order valence-electron chi connectivity index (χ3n) is 4.53. The van der Waals surface area contributed by atoms with Crippen LogP contribution in [0.3, 0.4) is 0 Å². The van der Waals surface area contributed by atoms with Crippen LogP contribution in [0.15, 0.2) is 24.3 Å². The quantitative estimate of drug-likeness (QED) is 0.770. The van der Waals surface area contributed by atoms with E-state index in [9.17, 15) is 22.0 Å². The largest absolute Gasteiger partial charge is 0.493 e. The van der Waals surface area contributed by atoms with Crippen molar-refractivity contribution in [1.29, 1.82) is 0 Å². The first kappa shape index (κ1) is 20.2. The molecule has 1 fully saturated rings. The second-order valence-corrected chi connectivity index (χ2v) is 6.62. The van der Waals surface area contributed by atoms with Crippen LogP contribution >= 0.6 is 0 Å². The van der Waals surface area contributed by atoms with Gasteiger partial charge < -0.3 is 10.1 Å². The van der Waals surface area contributed by atoms with Crippen molar-refractivity contribution in [1.82, 2.24) is 15.1 Å². The Hall–Kier alpha value is -2.49. The fourth-order valence-electron chi connectivity index (χ4n) is 3.16. The van der Waals surface area contributed by atoms with E-state index in [1.807, 2.05) is 0 Å². The van der Waals surface area contributed by atoms with Crippen LogP contribution in [0.5, 0.6) is 5.75 Å². The molecule has 1 aliphatic heterocycles. The lowest BCUT2D eigenvalue weighted by atomic mass is 10.0. The van der Waals surface area contributed by atoms with E-state index in [4.69, 9.17) is 4.74 Å². The number of piperidine rings is 1. The summed E-state index contributed by atoms with van der Waals surface area (Å²) < 4.78 is 69.8. The molecule has 28 heavy (non-hydrogen) atoms. The van der Waals surface area contributed by atoms with Crippen LogP contribution in [0.1, 0.15) is 24.1 Å². The second-order valence-electron chi connectivity index (χ2n) is 6.62. The first-order valence-electron chi connectivity index (χ1n) is 8.67. The van der Waals surface area contributed by atoms with Crippen molar-refractivity contribution in [3.8, 4) is 5.75 Å². The molecule has 1 N–H and O–H groups in total. The molecule has 3 rings (SSSR count). The number of methoxy groups -OCH3 is 1. The van der Waals surface area contributed by atoms with E-state index in [0.717, 1.165) is 12.1 Å².